The molecule has 20 heavy (non-hydrogen) atoms. The van der Waals surface area contributed by atoms with Crippen molar-refractivity contribution in [3.05, 3.63) is 71.4 Å². The molecule has 3 heteroatoms. The smallest absolute Gasteiger partial charge is 0.335 e. The number of carbonyl (C=O) groups is 1. The topological polar surface area (TPSA) is 42.2 Å². The Morgan fingerprint density at radius 3 is 2.50 bits per heavy atom. The van der Waals surface area contributed by atoms with Crippen molar-refractivity contribution in [2.75, 3.05) is 0 Å². The molecule has 100 valence electrons. The lowest BCUT2D eigenvalue weighted by molar-refractivity contribution is 0.0697. The van der Waals surface area contributed by atoms with Crippen LogP contribution in [0.25, 0.3) is 10.9 Å². The minimum atomic E-state index is -0.890. The van der Waals surface area contributed by atoms with E-state index in [1.165, 1.54) is 16.6 Å². The minimum absolute atomic E-state index is 0.322. The van der Waals surface area contributed by atoms with E-state index < -0.39 is 5.97 Å². The molecule has 0 aliphatic carbocycles. The average Bonchev–Trinajstić information content (AvgIpc) is 2.76. The van der Waals surface area contributed by atoms with Crippen LogP contribution < -0.4 is 0 Å². The van der Waals surface area contributed by atoms with Crippen LogP contribution in [0.3, 0.4) is 0 Å². The molecule has 3 rings (SSSR count). The Bertz CT molecular complexity index is 769. The van der Waals surface area contributed by atoms with Crippen LogP contribution in [0.2, 0.25) is 0 Å². The average molecular weight is 265 g/mol. The van der Waals surface area contributed by atoms with Gasteiger partial charge in [0, 0.05) is 17.8 Å². The third-order valence-electron chi connectivity index (χ3n) is 3.56. The molecule has 3 nitrogen and oxygen atoms in total. The highest BCUT2D eigenvalue weighted by molar-refractivity contribution is 5.87. The molecule has 0 atom stereocenters. The van der Waals surface area contributed by atoms with Gasteiger partial charge < -0.3 is 9.67 Å². The van der Waals surface area contributed by atoms with Gasteiger partial charge in [-0.05, 0) is 42.1 Å². The van der Waals surface area contributed by atoms with Crippen LogP contribution in [0, 0.1) is 6.92 Å². The number of aromatic nitrogens is 1. The number of aryl methyl sites for hydroxylation is 1. The first-order valence-corrected chi connectivity index (χ1v) is 6.52. The zero-order chi connectivity index (χ0) is 14.1. The normalized spacial score (nSPS) is 10.8. The SMILES string of the molecule is Cc1cc2ccccc2n1Cc1ccc(C(=O)O)cc1. The van der Waals surface area contributed by atoms with Gasteiger partial charge in [0.15, 0.2) is 0 Å². The Kier molecular flexibility index (Phi) is 3.03. The van der Waals surface area contributed by atoms with Crippen molar-refractivity contribution in [1.29, 1.82) is 0 Å². The second kappa shape index (κ2) is 4.85. The Hall–Kier alpha value is -2.55. The fraction of sp³-hybridized carbons (Fsp3) is 0.118. The highest BCUT2D eigenvalue weighted by Gasteiger charge is 2.06. The lowest BCUT2D eigenvalue weighted by Crippen LogP contribution is -2.02. The molecule has 0 bridgehead atoms. The van der Waals surface area contributed by atoms with E-state index in [4.69, 9.17) is 5.11 Å². The number of hydrogen-bond donors (Lipinski definition) is 1. The molecule has 3 aromatic rings. The van der Waals surface area contributed by atoms with Crippen molar-refractivity contribution in [3.8, 4) is 0 Å². The Morgan fingerprint density at radius 1 is 1.10 bits per heavy atom. The molecule has 1 N–H and O–H groups in total. The second-order valence-corrected chi connectivity index (χ2v) is 4.93. The van der Waals surface area contributed by atoms with E-state index in [0.29, 0.717) is 5.56 Å². The maximum absolute atomic E-state index is 10.9. The third kappa shape index (κ3) is 2.18. The predicted octanol–water partition coefficient (Wildman–Crippen LogP) is 3.70. The molecule has 0 saturated heterocycles. The lowest BCUT2D eigenvalue weighted by Gasteiger charge is -2.08. The van der Waals surface area contributed by atoms with Gasteiger partial charge in [0.1, 0.15) is 0 Å². The van der Waals surface area contributed by atoms with Crippen LogP contribution in [0.1, 0.15) is 21.6 Å². The number of para-hydroxylation sites is 1. The monoisotopic (exact) mass is 265 g/mol. The van der Waals surface area contributed by atoms with Gasteiger partial charge in [0.2, 0.25) is 0 Å². The molecule has 0 unspecified atom stereocenters. The van der Waals surface area contributed by atoms with E-state index in [1.54, 1.807) is 12.1 Å². The maximum atomic E-state index is 10.9. The molecular formula is C17H15NO2. The fourth-order valence-electron chi connectivity index (χ4n) is 2.49. The van der Waals surface area contributed by atoms with Crippen LogP contribution in [0.4, 0.5) is 0 Å². The van der Waals surface area contributed by atoms with Gasteiger partial charge in [-0.15, -0.1) is 0 Å². The van der Waals surface area contributed by atoms with Crippen LogP contribution in [-0.4, -0.2) is 15.6 Å². The molecule has 0 fully saturated rings. The number of nitrogens with zero attached hydrogens (tertiary/aromatic N) is 1. The molecule has 0 aliphatic rings. The number of hydrogen-bond acceptors (Lipinski definition) is 1. The highest BCUT2D eigenvalue weighted by Crippen LogP contribution is 2.20. The van der Waals surface area contributed by atoms with Crippen molar-refractivity contribution in [2.45, 2.75) is 13.5 Å². The van der Waals surface area contributed by atoms with Crippen molar-refractivity contribution < 1.29 is 9.90 Å². The van der Waals surface area contributed by atoms with Crippen molar-refractivity contribution in [3.63, 3.8) is 0 Å². The number of benzene rings is 2. The summed E-state index contributed by atoms with van der Waals surface area (Å²) < 4.78 is 2.24. The first-order valence-electron chi connectivity index (χ1n) is 6.52. The summed E-state index contributed by atoms with van der Waals surface area (Å²) in [7, 11) is 0. The first-order chi connectivity index (χ1) is 9.65. The quantitative estimate of drug-likeness (QED) is 0.784. The third-order valence-corrected chi connectivity index (χ3v) is 3.56. The largest absolute Gasteiger partial charge is 0.478 e. The Balaban J connectivity index is 1.96. The van der Waals surface area contributed by atoms with Gasteiger partial charge in [-0.1, -0.05) is 30.3 Å². The van der Waals surface area contributed by atoms with E-state index in [-0.39, 0.29) is 0 Å². The molecule has 1 aromatic heterocycles. The summed E-state index contributed by atoms with van der Waals surface area (Å²) in [5.74, 6) is -0.890. The summed E-state index contributed by atoms with van der Waals surface area (Å²) in [5, 5.41) is 10.1. The Morgan fingerprint density at radius 2 is 1.80 bits per heavy atom. The fourth-order valence-corrected chi connectivity index (χ4v) is 2.49. The lowest BCUT2D eigenvalue weighted by atomic mass is 10.1. The first kappa shape index (κ1) is 12.5. The van der Waals surface area contributed by atoms with Crippen LogP contribution in [-0.2, 0) is 6.54 Å². The van der Waals surface area contributed by atoms with E-state index in [9.17, 15) is 4.79 Å². The van der Waals surface area contributed by atoms with Crippen molar-refractivity contribution >= 4 is 16.9 Å². The zero-order valence-electron chi connectivity index (χ0n) is 11.2. The van der Waals surface area contributed by atoms with Crippen molar-refractivity contribution in [2.24, 2.45) is 0 Å². The number of rotatable bonds is 3. The number of carboxylic acids is 1. The van der Waals surface area contributed by atoms with Gasteiger partial charge in [-0.25, -0.2) is 4.79 Å². The predicted molar refractivity (Wildman–Crippen MR) is 79.2 cm³/mol. The van der Waals surface area contributed by atoms with E-state index in [0.717, 1.165) is 12.1 Å². The summed E-state index contributed by atoms with van der Waals surface area (Å²) in [6, 6.07) is 17.5. The van der Waals surface area contributed by atoms with Crippen LogP contribution in [0.5, 0.6) is 0 Å². The van der Waals surface area contributed by atoms with Crippen molar-refractivity contribution in [1.82, 2.24) is 4.57 Å². The summed E-state index contributed by atoms with van der Waals surface area (Å²) >= 11 is 0. The number of fused-ring (bicyclic) bond motifs is 1. The van der Waals surface area contributed by atoms with E-state index in [2.05, 4.69) is 29.7 Å². The van der Waals surface area contributed by atoms with Gasteiger partial charge in [0.25, 0.3) is 0 Å². The number of carboxylic acid groups (broad SMARTS) is 1. The summed E-state index contributed by atoms with van der Waals surface area (Å²) in [5.41, 5.74) is 3.82. The van der Waals surface area contributed by atoms with Gasteiger partial charge in [0.05, 0.1) is 5.56 Å². The standard InChI is InChI=1S/C17H15NO2/c1-12-10-15-4-2-3-5-16(15)18(12)11-13-6-8-14(9-7-13)17(19)20/h2-10H,11H2,1H3,(H,19,20). The summed E-state index contributed by atoms with van der Waals surface area (Å²) in [6.45, 7) is 2.84. The second-order valence-electron chi connectivity index (χ2n) is 4.93. The Labute approximate surface area is 117 Å². The molecule has 0 aliphatic heterocycles. The van der Waals surface area contributed by atoms with Gasteiger partial charge in [-0.3, -0.25) is 0 Å². The number of aromatic carboxylic acids is 1. The van der Waals surface area contributed by atoms with Gasteiger partial charge in [-0.2, -0.15) is 0 Å². The van der Waals surface area contributed by atoms with E-state index >= 15 is 0 Å². The maximum Gasteiger partial charge on any atom is 0.335 e. The zero-order valence-corrected chi connectivity index (χ0v) is 11.2. The summed E-state index contributed by atoms with van der Waals surface area (Å²) in [6.07, 6.45) is 0. The molecule has 0 spiro atoms. The molecule has 0 saturated carbocycles. The highest BCUT2D eigenvalue weighted by atomic mass is 16.4. The molecule has 1 heterocycles. The molecule has 2 aromatic carbocycles. The molecule has 0 radical (unpaired) electrons. The molecule has 0 amide bonds. The van der Waals surface area contributed by atoms with E-state index in [1.807, 2.05) is 24.3 Å². The summed E-state index contributed by atoms with van der Waals surface area (Å²) in [4.78, 5) is 10.9. The minimum Gasteiger partial charge on any atom is -0.478 e. The van der Waals surface area contributed by atoms with Crippen LogP contribution in [0.15, 0.2) is 54.6 Å². The van der Waals surface area contributed by atoms with Crippen LogP contribution >= 0.6 is 0 Å². The molecular weight excluding hydrogens is 250 g/mol. The van der Waals surface area contributed by atoms with Gasteiger partial charge >= 0.3 is 5.97 Å².